The molecule has 0 spiro atoms. The third kappa shape index (κ3) is 4.43. The lowest BCUT2D eigenvalue weighted by atomic mass is 9.96. The van der Waals surface area contributed by atoms with Crippen LogP contribution in [0.3, 0.4) is 0 Å². The molecular formula is C19H17ClN2O3S. The van der Waals surface area contributed by atoms with E-state index in [1.807, 2.05) is 0 Å². The topological polar surface area (TPSA) is 79.2 Å². The molecule has 2 aromatic rings. The second-order valence-electron chi connectivity index (χ2n) is 6.04. The van der Waals surface area contributed by atoms with E-state index in [1.165, 1.54) is 16.2 Å². The molecule has 7 heteroatoms. The number of benzene rings is 1. The monoisotopic (exact) mass is 388 g/mol. The minimum atomic E-state index is -0.492. The molecule has 1 aliphatic rings. The Kier molecular flexibility index (Phi) is 5.92. The van der Waals surface area contributed by atoms with Crippen molar-refractivity contribution in [3.05, 3.63) is 50.9 Å². The van der Waals surface area contributed by atoms with Gasteiger partial charge in [-0.05, 0) is 48.9 Å². The summed E-state index contributed by atoms with van der Waals surface area (Å²) in [6.07, 6.45) is 4.06. The zero-order chi connectivity index (χ0) is 18.5. The third-order valence-electron chi connectivity index (χ3n) is 4.16. The Morgan fingerprint density at radius 3 is 2.69 bits per heavy atom. The van der Waals surface area contributed by atoms with Gasteiger partial charge in [-0.1, -0.05) is 23.7 Å². The molecule has 1 heterocycles. The summed E-state index contributed by atoms with van der Waals surface area (Å²) in [4.78, 5) is 25.1. The molecule has 0 atom stereocenters. The minimum absolute atomic E-state index is 0.0706. The van der Waals surface area contributed by atoms with Crippen LogP contribution >= 0.6 is 22.9 Å². The number of carbonyl (C=O) groups is 2. The van der Waals surface area contributed by atoms with Crippen LogP contribution in [0.15, 0.2) is 24.3 Å². The molecule has 3 rings (SSSR count). The van der Waals surface area contributed by atoms with Gasteiger partial charge in [0.2, 0.25) is 0 Å². The molecule has 1 N–H and O–H groups in total. The number of nitriles is 1. The van der Waals surface area contributed by atoms with Crippen molar-refractivity contribution in [2.75, 3.05) is 11.9 Å². The Labute approximate surface area is 160 Å². The lowest BCUT2D eigenvalue weighted by Gasteiger charge is -2.09. The maximum absolute atomic E-state index is 12.1. The van der Waals surface area contributed by atoms with E-state index in [0.29, 0.717) is 15.6 Å². The van der Waals surface area contributed by atoms with Crippen molar-refractivity contribution in [2.24, 2.45) is 0 Å². The molecule has 0 radical (unpaired) electrons. The van der Waals surface area contributed by atoms with E-state index in [4.69, 9.17) is 16.3 Å². The van der Waals surface area contributed by atoms with E-state index in [-0.39, 0.29) is 13.0 Å². The number of nitrogens with one attached hydrogen (secondary N) is 1. The number of amides is 1. The number of thiophene rings is 1. The van der Waals surface area contributed by atoms with Crippen molar-refractivity contribution >= 4 is 39.8 Å². The van der Waals surface area contributed by atoms with Gasteiger partial charge in [0, 0.05) is 9.90 Å². The first-order valence-electron chi connectivity index (χ1n) is 8.31. The highest BCUT2D eigenvalue weighted by atomic mass is 35.5. The fourth-order valence-corrected chi connectivity index (χ4v) is 4.28. The maximum atomic E-state index is 12.1. The summed E-state index contributed by atoms with van der Waals surface area (Å²) < 4.78 is 5.02. The van der Waals surface area contributed by atoms with Crippen LogP contribution in [0, 0.1) is 11.3 Å². The molecule has 134 valence electrons. The molecule has 0 saturated carbocycles. The maximum Gasteiger partial charge on any atom is 0.310 e. The average Bonchev–Trinajstić information content (AvgIpc) is 2.99. The normalized spacial score (nSPS) is 12.8. The summed E-state index contributed by atoms with van der Waals surface area (Å²) in [7, 11) is 0. The van der Waals surface area contributed by atoms with Crippen LogP contribution in [0.2, 0.25) is 5.02 Å². The van der Waals surface area contributed by atoms with Gasteiger partial charge in [0.05, 0.1) is 12.0 Å². The van der Waals surface area contributed by atoms with E-state index in [0.717, 1.165) is 36.8 Å². The molecule has 1 aromatic heterocycles. The van der Waals surface area contributed by atoms with E-state index in [1.54, 1.807) is 24.3 Å². The Balaban J connectivity index is 1.54. The standard InChI is InChI=1S/C19H17ClN2O3S/c20-13-7-5-12(6-8-13)9-18(24)25-11-17(23)22-19-15(10-21)14-3-1-2-4-16(14)26-19/h5-8H,1-4,9,11H2,(H,22,23). The molecule has 1 amide bonds. The van der Waals surface area contributed by atoms with E-state index in [2.05, 4.69) is 11.4 Å². The smallest absolute Gasteiger partial charge is 0.310 e. The molecule has 1 aliphatic carbocycles. The van der Waals surface area contributed by atoms with Crippen molar-refractivity contribution in [3.8, 4) is 6.07 Å². The molecule has 0 aliphatic heterocycles. The van der Waals surface area contributed by atoms with Crippen LogP contribution in [0.5, 0.6) is 0 Å². The Hall–Kier alpha value is -2.36. The lowest BCUT2D eigenvalue weighted by molar-refractivity contribution is -0.146. The lowest BCUT2D eigenvalue weighted by Crippen LogP contribution is -2.21. The SMILES string of the molecule is N#Cc1c(NC(=O)COC(=O)Cc2ccc(Cl)cc2)sc2c1CCCC2. The molecule has 1 aromatic carbocycles. The molecule has 26 heavy (non-hydrogen) atoms. The predicted octanol–water partition coefficient (Wildman–Crippen LogP) is 3.88. The van der Waals surface area contributed by atoms with Crippen molar-refractivity contribution in [1.82, 2.24) is 0 Å². The fourth-order valence-electron chi connectivity index (χ4n) is 2.90. The molecule has 5 nitrogen and oxygen atoms in total. The van der Waals surface area contributed by atoms with Gasteiger partial charge in [-0.15, -0.1) is 11.3 Å². The van der Waals surface area contributed by atoms with E-state index >= 15 is 0 Å². The van der Waals surface area contributed by atoms with Gasteiger partial charge < -0.3 is 10.1 Å². The first kappa shape index (κ1) is 18.4. The number of halogens is 1. The fraction of sp³-hybridized carbons (Fsp3) is 0.316. The minimum Gasteiger partial charge on any atom is -0.455 e. The van der Waals surface area contributed by atoms with Gasteiger partial charge >= 0.3 is 5.97 Å². The van der Waals surface area contributed by atoms with E-state index < -0.39 is 11.9 Å². The largest absolute Gasteiger partial charge is 0.455 e. The zero-order valence-corrected chi connectivity index (χ0v) is 15.6. The number of hydrogen-bond donors (Lipinski definition) is 1. The summed E-state index contributed by atoms with van der Waals surface area (Å²) in [5, 5.41) is 13.2. The van der Waals surface area contributed by atoms with Gasteiger partial charge in [0.15, 0.2) is 6.61 Å². The molecular weight excluding hydrogens is 372 g/mol. The van der Waals surface area contributed by atoms with Crippen LogP contribution < -0.4 is 5.32 Å². The first-order chi connectivity index (χ1) is 12.6. The van der Waals surface area contributed by atoms with Crippen LogP contribution in [-0.2, 0) is 33.6 Å². The number of fused-ring (bicyclic) bond motifs is 1. The summed E-state index contributed by atoms with van der Waals surface area (Å²) in [6.45, 7) is -0.375. The van der Waals surface area contributed by atoms with Crippen LogP contribution in [0.1, 0.15) is 34.4 Å². The van der Waals surface area contributed by atoms with Crippen molar-refractivity contribution in [3.63, 3.8) is 0 Å². The third-order valence-corrected chi connectivity index (χ3v) is 5.62. The van der Waals surface area contributed by atoms with Gasteiger partial charge in [0.1, 0.15) is 11.1 Å². The Bertz CT molecular complexity index is 868. The molecule has 0 bridgehead atoms. The van der Waals surface area contributed by atoms with E-state index in [9.17, 15) is 14.9 Å². The summed E-state index contributed by atoms with van der Waals surface area (Å²) >= 11 is 7.24. The Morgan fingerprint density at radius 1 is 1.23 bits per heavy atom. The first-order valence-corrected chi connectivity index (χ1v) is 9.51. The highest BCUT2D eigenvalue weighted by molar-refractivity contribution is 7.16. The van der Waals surface area contributed by atoms with Gasteiger partial charge in [-0.3, -0.25) is 9.59 Å². The van der Waals surface area contributed by atoms with Gasteiger partial charge in [0.25, 0.3) is 5.91 Å². The number of carbonyl (C=O) groups excluding carboxylic acids is 2. The number of nitrogens with zero attached hydrogens (tertiary/aromatic N) is 1. The van der Waals surface area contributed by atoms with Gasteiger partial charge in [-0.2, -0.15) is 5.26 Å². The summed E-state index contributed by atoms with van der Waals surface area (Å²) in [5.74, 6) is -0.932. The molecule has 0 saturated heterocycles. The predicted molar refractivity (Wildman–Crippen MR) is 100 cm³/mol. The van der Waals surface area contributed by atoms with Crippen molar-refractivity contribution < 1.29 is 14.3 Å². The number of esters is 1. The second-order valence-corrected chi connectivity index (χ2v) is 7.58. The van der Waals surface area contributed by atoms with Crippen LogP contribution in [-0.4, -0.2) is 18.5 Å². The summed E-state index contributed by atoms with van der Waals surface area (Å²) in [5.41, 5.74) is 2.36. The second kappa shape index (κ2) is 8.35. The van der Waals surface area contributed by atoms with Crippen LogP contribution in [0.4, 0.5) is 5.00 Å². The number of aryl methyl sites for hydroxylation is 1. The zero-order valence-electron chi connectivity index (χ0n) is 14.0. The van der Waals surface area contributed by atoms with Gasteiger partial charge in [-0.25, -0.2) is 0 Å². The number of anilines is 1. The van der Waals surface area contributed by atoms with Crippen molar-refractivity contribution in [2.45, 2.75) is 32.1 Å². The highest BCUT2D eigenvalue weighted by Gasteiger charge is 2.22. The highest BCUT2D eigenvalue weighted by Crippen LogP contribution is 2.37. The van der Waals surface area contributed by atoms with Crippen molar-refractivity contribution in [1.29, 1.82) is 5.26 Å². The summed E-state index contributed by atoms with van der Waals surface area (Å²) in [6, 6.07) is 9.05. The number of rotatable bonds is 5. The number of hydrogen-bond acceptors (Lipinski definition) is 5. The molecule has 0 fully saturated rings. The van der Waals surface area contributed by atoms with Crippen LogP contribution in [0.25, 0.3) is 0 Å². The Morgan fingerprint density at radius 2 is 1.96 bits per heavy atom. The molecule has 0 unspecified atom stereocenters. The number of ether oxygens (including phenoxy) is 1. The average molecular weight is 389 g/mol. The quantitative estimate of drug-likeness (QED) is 0.788.